The molecule has 0 amide bonds. The molecule has 0 bridgehead atoms. The summed E-state index contributed by atoms with van der Waals surface area (Å²) in [7, 11) is 1.58. The highest BCUT2D eigenvalue weighted by molar-refractivity contribution is 5.98. The van der Waals surface area contributed by atoms with Gasteiger partial charge in [0.2, 0.25) is 0 Å². The van der Waals surface area contributed by atoms with E-state index in [0.29, 0.717) is 23.9 Å². The summed E-state index contributed by atoms with van der Waals surface area (Å²) < 4.78 is 21.4. The fourth-order valence-corrected chi connectivity index (χ4v) is 4.29. The van der Waals surface area contributed by atoms with E-state index in [0.717, 1.165) is 29.3 Å². The number of hydrogen-bond acceptors (Lipinski definition) is 3. The van der Waals surface area contributed by atoms with Gasteiger partial charge in [-0.15, -0.1) is 0 Å². The lowest BCUT2D eigenvalue weighted by Crippen LogP contribution is -2.26. The number of ether oxygens (including phenoxy) is 1. The Morgan fingerprint density at radius 2 is 2.00 bits per heavy atom. The van der Waals surface area contributed by atoms with E-state index < -0.39 is 5.97 Å². The van der Waals surface area contributed by atoms with E-state index in [1.165, 1.54) is 18.9 Å². The number of aromatic nitrogens is 1. The second-order valence-electron chi connectivity index (χ2n) is 7.56. The molecule has 1 aliphatic carbocycles. The Morgan fingerprint density at radius 1 is 1.24 bits per heavy atom. The number of halogens is 1. The van der Waals surface area contributed by atoms with Crippen LogP contribution in [0.2, 0.25) is 0 Å². The zero-order chi connectivity index (χ0) is 20.4. The minimum Gasteiger partial charge on any atom is -0.497 e. The lowest BCUT2D eigenvalue weighted by molar-refractivity contribution is 0.0684. The highest BCUT2D eigenvalue weighted by atomic mass is 19.1. The molecule has 4 rings (SSSR count). The molecule has 6 heteroatoms. The summed E-state index contributed by atoms with van der Waals surface area (Å²) in [6.45, 7) is 0.612. The van der Waals surface area contributed by atoms with Crippen LogP contribution in [0.5, 0.6) is 5.75 Å². The number of fused-ring (bicyclic) bond motifs is 1. The van der Waals surface area contributed by atoms with Gasteiger partial charge in [0.05, 0.1) is 19.2 Å². The predicted octanol–water partition coefficient (Wildman–Crippen LogP) is 4.57. The van der Waals surface area contributed by atoms with Gasteiger partial charge in [-0.1, -0.05) is 31.0 Å². The number of nitrogens with one attached hydrogen (secondary N) is 1. The number of benzene rings is 2. The second kappa shape index (κ2) is 8.25. The summed E-state index contributed by atoms with van der Waals surface area (Å²) >= 11 is 0. The Hall–Kier alpha value is -2.86. The van der Waals surface area contributed by atoms with Crippen molar-refractivity contribution < 1.29 is 19.0 Å². The van der Waals surface area contributed by atoms with Crippen molar-refractivity contribution >= 4 is 16.9 Å². The predicted molar refractivity (Wildman–Crippen MR) is 110 cm³/mol. The third-order valence-corrected chi connectivity index (χ3v) is 5.79. The Kier molecular flexibility index (Phi) is 5.53. The summed E-state index contributed by atoms with van der Waals surface area (Å²) in [5, 5.41) is 14.4. The van der Waals surface area contributed by atoms with Gasteiger partial charge in [-0.05, 0) is 31.0 Å². The van der Waals surface area contributed by atoms with E-state index in [1.54, 1.807) is 29.9 Å². The molecular weight excluding hydrogens is 371 g/mol. The third-order valence-electron chi connectivity index (χ3n) is 5.79. The maximum atomic E-state index is 14.3. The zero-order valence-corrected chi connectivity index (χ0v) is 16.5. The van der Waals surface area contributed by atoms with Crippen LogP contribution in [0.15, 0.2) is 42.5 Å². The van der Waals surface area contributed by atoms with Crippen molar-refractivity contribution in [1.82, 2.24) is 9.88 Å². The first-order valence-electron chi connectivity index (χ1n) is 9.97. The maximum absolute atomic E-state index is 14.3. The molecular formula is C23H25FN2O3. The molecule has 1 aliphatic rings. The van der Waals surface area contributed by atoms with Crippen LogP contribution < -0.4 is 10.1 Å². The SMILES string of the molecule is COc1ccc2c(CNC3CCCC3)c(C(=O)O)n(Cc3ccccc3F)c2c1. The number of nitrogens with zero attached hydrogens (tertiary/aromatic N) is 1. The molecule has 0 unspecified atom stereocenters. The molecule has 0 saturated heterocycles. The molecule has 0 spiro atoms. The van der Waals surface area contributed by atoms with Crippen molar-refractivity contribution in [3.05, 3.63) is 65.1 Å². The van der Waals surface area contributed by atoms with E-state index in [2.05, 4.69) is 5.32 Å². The number of hydrogen-bond donors (Lipinski definition) is 2. The van der Waals surface area contributed by atoms with E-state index >= 15 is 0 Å². The van der Waals surface area contributed by atoms with Crippen LogP contribution in [0.4, 0.5) is 4.39 Å². The fourth-order valence-electron chi connectivity index (χ4n) is 4.29. The van der Waals surface area contributed by atoms with E-state index in [4.69, 9.17) is 4.74 Å². The second-order valence-corrected chi connectivity index (χ2v) is 7.56. The number of rotatable bonds is 7. The summed E-state index contributed by atoms with van der Waals surface area (Å²) in [6.07, 6.45) is 4.64. The van der Waals surface area contributed by atoms with Crippen molar-refractivity contribution in [2.24, 2.45) is 0 Å². The normalized spacial score (nSPS) is 14.6. The van der Waals surface area contributed by atoms with Gasteiger partial charge in [-0.3, -0.25) is 0 Å². The van der Waals surface area contributed by atoms with E-state index in [9.17, 15) is 14.3 Å². The van der Waals surface area contributed by atoms with E-state index in [-0.39, 0.29) is 18.1 Å². The molecule has 3 aromatic rings. The first-order chi connectivity index (χ1) is 14.1. The van der Waals surface area contributed by atoms with Gasteiger partial charge in [0.25, 0.3) is 0 Å². The van der Waals surface area contributed by atoms with Gasteiger partial charge >= 0.3 is 5.97 Å². The van der Waals surface area contributed by atoms with Crippen LogP contribution in [-0.2, 0) is 13.1 Å². The van der Waals surface area contributed by atoms with Gasteiger partial charge in [0.1, 0.15) is 17.3 Å². The smallest absolute Gasteiger partial charge is 0.352 e. The van der Waals surface area contributed by atoms with Crippen molar-refractivity contribution in [1.29, 1.82) is 0 Å². The van der Waals surface area contributed by atoms with Gasteiger partial charge in [0.15, 0.2) is 0 Å². The minimum atomic E-state index is -1.01. The van der Waals surface area contributed by atoms with Crippen LogP contribution >= 0.6 is 0 Å². The summed E-state index contributed by atoms with van der Waals surface area (Å²) in [5.74, 6) is -0.726. The van der Waals surface area contributed by atoms with Crippen LogP contribution in [0.25, 0.3) is 10.9 Å². The quantitative estimate of drug-likeness (QED) is 0.614. The van der Waals surface area contributed by atoms with E-state index in [1.807, 2.05) is 18.2 Å². The van der Waals surface area contributed by atoms with Gasteiger partial charge in [0, 0.05) is 35.2 Å². The topological polar surface area (TPSA) is 63.5 Å². The van der Waals surface area contributed by atoms with Crippen molar-refractivity contribution in [2.45, 2.75) is 44.8 Å². The first-order valence-corrected chi connectivity index (χ1v) is 9.97. The minimum absolute atomic E-state index is 0.140. The lowest BCUT2D eigenvalue weighted by Gasteiger charge is -2.13. The third kappa shape index (κ3) is 3.85. The van der Waals surface area contributed by atoms with Gasteiger partial charge in [-0.25, -0.2) is 9.18 Å². The molecule has 2 N–H and O–H groups in total. The fraction of sp³-hybridized carbons (Fsp3) is 0.348. The molecule has 1 aromatic heterocycles. The molecule has 5 nitrogen and oxygen atoms in total. The highest BCUT2D eigenvalue weighted by Crippen LogP contribution is 2.31. The lowest BCUT2D eigenvalue weighted by atomic mass is 10.1. The van der Waals surface area contributed by atoms with Crippen LogP contribution in [0, 0.1) is 5.82 Å². The molecule has 1 heterocycles. The average molecular weight is 396 g/mol. The van der Waals surface area contributed by atoms with Crippen molar-refractivity contribution in [2.75, 3.05) is 7.11 Å². The zero-order valence-electron chi connectivity index (χ0n) is 16.5. The number of methoxy groups -OCH3 is 1. The molecule has 0 aliphatic heterocycles. The monoisotopic (exact) mass is 396 g/mol. The molecule has 2 aromatic carbocycles. The molecule has 29 heavy (non-hydrogen) atoms. The molecule has 1 saturated carbocycles. The van der Waals surface area contributed by atoms with Crippen LogP contribution in [0.1, 0.15) is 47.3 Å². The number of carboxylic acid groups (broad SMARTS) is 1. The Morgan fingerprint density at radius 3 is 2.69 bits per heavy atom. The molecule has 1 fully saturated rings. The number of carbonyl (C=O) groups is 1. The first kappa shape index (κ1) is 19.5. The average Bonchev–Trinajstić information content (AvgIpc) is 3.34. The van der Waals surface area contributed by atoms with Crippen LogP contribution in [0.3, 0.4) is 0 Å². The van der Waals surface area contributed by atoms with Gasteiger partial charge in [-0.2, -0.15) is 0 Å². The summed E-state index contributed by atoms with van der Waals surface area (Å²) in [6, 6.07) is 12.4. The largest absolute Gasteiger partial charge is 0.497 e. The van der Waals surface area contributed by atoms with Crippen molar-refractivity contribution in [3.8, 4) is 5.75 Å². The standard InChI is InChI=1S/C23H25FN2O3/c1-29-17-10-11-18-19(13-25-16-7-3-4-8-16)22(23(27)28)26(21(18)12-17)14-15-6-2-5-9-20(15)24/h2,5-6,9-12,16,25H,3-4,7-8,13-14H2,1H3,(H,27,28). The molecule has 0 radical (unpaired) electrons. The number of carboxylic acids is 1. The van der Waals surface area contributed by atoms with Crippen molar-refractivity contribution in [3.63, 3.8) is 0 Å². The summed E-state index contributed by atoms with van der Waals surface area (Å²) in [4.78, 5) is 12.3. The molecule has 152 valence electrons. The number of aromatic carboxylic acids is 1. The molecule has 0 atom stereocenters. The highest BCUT2D eigenvalue weighted by Gasteiger charge is 2.24. The Labute approximate surface area is 169 Å². The Bertz CT molecular complexity index is 1040. The Balaban J connectivity index is 1.83. The van der Waals surface area contributed by atoms with Crippen LogP contribution in [-0.4, -0.2) is 28.8 Å². The summed E-state index contributed by atoms with van der Waals surface area (Å²) in [5.41, 5.74) is 2.11. The maximum Gasteiger partial charge on any atom is 0.352 e. The van der Waals surface area contributed by atoms with Gasteiger partial charge < -0.3 is 19.7 Å².